The van der Waals surface area contributed by atoms with Crippen molar-refractivity contribution in [2.24, 2.45) is 5.92 Å². The van der Waals surface area contributed by atoms with E-state index < -0.39 is 12.3 Å². The van der Waals surface area contributed by atoms with Gasteiger partial charge in [0.05, 0.1) is 41.2 Å². The Hall–Kier alpha value is -4.28. The largest absolute Gasteiger partial charge is 0.478 e. The molecule has 0 unspecified atom stereocenters. The molecule has 1 saturated heterocycles. The predicted octanol–water partition coefficient (Wildman–Crippen LogP) is 6.26. The number of nitrogens with zero attached hydrogens (tertiary/aromatic N) is 1. The summed E-state index contributed by atoms with van der Waals surface area (Å²) in [6.45, 7) is 2.03. The number of carboxylic acid groups (broad SMARTS) is 1. The zero-order valence-corrected chi connectivity index (χ0v) is 24.1. The van der Waals surface area contributed by atoms with Crippen molar-refractivity contribution < 1.29 is 34.1 Å². The second kappa shape index (κ2) is 12.1. The molecule has 218 valence electrons. The van der Waals surface area contributed by atoms with Crippen molar-refractivity contribution in [1.82, 2.24) is 0 Å². The normalized spacial score (nSPS) is 21.6. The lowest BCUT2D eigenvalue weighted by molar-refractivity contribution is -0.268. The molecule has 0 aromatic heterocycles. The Kier molecular flexibility index (Phi) is 8.14. The third-order valence-electron chi connectivity index (χ3n) is 7.86. The number of ether oxygens (including phenoxy) is 2. The fourth-order valence-corrected chi connectivity index (χ4v) is 6.45. The van der Waals surface area contributed by atoms with Gasteiger partial charge in [-0.2, -0.15) is 0 Å². The molecule has 0 spiro atoms. The first kappa shape index (κ1) is 28.8. The number of carbonyl (C=O) groups excluding carboxylic acids is 2. The van der Waals surface area contributed by atoms with Gasteiger partial charge >= 0.3 is 5.97 Å². The van der Waals surface area contributed by atoms with Crippen LogP contribution in [0.5, 0.6) is 0 Å². The molecular weight excluding hydrogens is 566 g/mol. The number of rotatable bonds is 8. The molecule has 0 saturated carbocycles. The first-order valence-electron chi connectivity index (χ1n) is 13.9. The highest BCUT2D eigenvalue weighted by molar-refractivity contribution is 7.99. The van der Waals surface area contributed by atoms with Crippen molar-refractivity contribution in [2.45, 2.75) is 36.9 Å². The fourth-order valence-electron chi connectivity index (χ4n) is 5.39. The van der Waals surface area contributed by atoms with E-state index in [0.29, 0.717) is 22.6 Å². The van der Waals surface area contributed by atoms with Crippen LogP contribution >= 0.6 is 11.8 Å². The minimum absolute atomic E-state index is 0.0281. The monoisotopic (exact) mass is 595 g/mol. The van der Waals surface area contributed by atoms with Crippen LogP contribution in [-0.4, -0.2) is 39.9 Å². The van der Waals surface area contributed by atoms with E-state index in [1.807, 2.05) is 24.3 Å². The summed E-state index contributed by atoms with van der Waals surface area (Å²) >= 11 is 1.58. The van der Waals surface area contributed by atoms with Crippen LogP contribution in [0.3, 0.4) is 0 Å². The van der Waals surface area contributed by atoms with Gasteiger partial charge in [-0.15, -0.1) is 11.8 Å². The van der Waals surface area contributed by atoms with Gasteiger partial charge in [0.1, 0.15) is 0 Å². The molecule has 0 aliphatic carbocycles. The fraction of sp³-hybridized carbons (Fsp3) is 0.206. The molecule has 43 heavy (non-hydrogen) atoms. The van der Waals surface area contributed by atoms with E-state index in [0.717, 1.165) is 21.6 Å². The second-order valence-corrected chi connectivity index (χ2v) is 11.6. The summed E-state index contributed by atoms with van der Waals surface area (Å²) in [5, 5.41) is 18.7. The molecular formula is C34H29NO7S. The number of aliphatic hydroxyl groups excluding tert-OH is 1. The first-order chi connectivity index (χ1) is 20.8. The third kappa shape index (κ3) is 5.72. The number of carboxylic acids is 1. The third-order valence-corrected chi connectivity index (χ3v) is 8.96. The van der Waals surface area contributed by atoms with E-state index in [4.69, 9.17) is 9.47 Å². The van der Waals surface area contributed by atoms with Crippen molar-refractivity contribution in [3.05, 3.63) is 130 Å². The van der Waals surface area contributed by atoms with Crippen molar-refractivity contribution in [2.75, 3.05) is 10.7 Å². The molecule has 2 amide bonds. The van der Waals surface area contributed by atoms with Crippen LogP contribution in [0.1, 0.15) is 67.1 Å². The number of aliphatic hydroxyl groups is 1. The highest BCUT2D eigenvalue weighted by Crippen LogP contribution is 2.43. The summed E-state index contributed by atoms with van der Waals surface area (Å²) in [4.78, 5) is 39.3. The Balaban J connectivity index is 1.24. The lowest BCUT2D eigenvalue weighted by Crippen LogP contribution is -2.38. The van der Waals surface area contributed by atoms with Crippen LogP contribution in [-0.2, 0) is 16.1 Å². The van der Waals surface area contributed by atoms with E-state index in [2.05, 4.69) is 6.92 Å². The number of carbonyl (C=O) groups is 3. The van der Waals surface area contributed by atoms with Crippen LogP contribution in [0, 0.1) is 5.92 Å². The van der Waals surface area contributed by atoms with Crippen LogP contribution in [0.4, 0.5) is 5.69 Å². The molecule has 4 aromatic rings. The molecule has 2 heterocycles. The van der Waals surface area contributed by atoms with E-state index in [1.54, 1.807) is 84.6 Å². The van der Waals surface area contributed by atoms with Crippen molar-refractivity contribution in [1.29, 1.82) is 0 Å². The molecule has 2 aliphatic rings. The average Bonchev–Trinajstić information content (AvgIpc) is 3.30. The molecule has 2 N–H and O–H groups in total. The smallest absolute Gasteiger partial charge is 0.335 e. The Morgan fingerprint density at radius 1 is 0.814 bits per heavy atom. The summed E-state index contributed by atoms with van der Waals surface area (Å²) < 4.78 is 13.0. The summed E-state index contributed by atoms with van der Waals surface area (Å²) in [5.41, 5.74) is 3.98. The number of amides is 2. The molecule has 0 bridgehead atoms. The van der Waals surface area contributed by atoms with Crippen LogP contribution in [0.2, 0.25) is 0 Å². The lowest BCUT2D eigenvalue weighted by atomic mass is 9.91. The van der Waals surface area contributed by atoms with Gasteiger partial charge in [-0.1, -0.05) is 55.5 Å². The average molecular weight is 596 g/mol. The Labute approximate surface area is 252 Å². The topological polar surface area (TPSA) is 113 Å². The minimum atomic E-state index is -0.968. The minimum Gasteiger partial charge on any atom is -0.478 e. The zero-order chi connectivity index (χ0) is 30.1. The number of imide groups is 1. The van der Waals surface area contributed by atoms with Gasteiger partial charge in [0.25, 0.3) is 11.8 Å². The van der Waals surface area contributed by atoms with Crippen molar-refractivity contribution >= 4 is 35.2 Å². The molecule has 4 atom stereocenters. The van der Waals surface area contributed by atoms with E-state index in [9.17, 15) is 24.6 Å². The van der Waals surface area contributed by atoms with Crippen LogP contribution < -0.4 is 4.90 Å². The van der Waals surface area contributed by atoms with E-state index in [1.165, 1.54) is 4.90 Å². The maximum atomic E-state index is 13.0. The van der Waals surface area contributed by atoms with Gasteiger partial charge in [0.15, 0.2) is 6.29 Å². The maximum Gasteiger partial charge on any atom is 0.335 e. The second-order valence-electron chi connectivity index (χ2n) is 10.5. The van der Waals surface area contributed by atoms with Crippen molar-refractivity contribution in [3.63, 3.8) is 0 Å². The van der Waals surface area contributed by atoms with Gasteiger partial charge < -0.3 is 19.7 Å². The Morgan fingerprint density at radius 3 is 2.00 bits per heavy atom. The van der Waals surface area contributed by atoms with Crippen LogP contribution in [0.15, 0.2) is 102 Å². The standard InChI is InChI=1S/C34H29NO7S/c1-20-29(19-43-26-16-12-23(13-17-26)33(39)40)41-34(42-30(20)22-8-6-21(18-36)7-9-22)24-10-14-25(15-11-24)35-31(37)27-4-2-3-5-28(27)32(35)38/h2-17,20,29-30,34,36H,18-19H2,1H3,(H,39,40)/t20-,29+,30+,34+/m0/s1. The predicted molar refractivity (Wildman–Crippen MR) is 161 cm³/mol. The van der Waals surface area contributed by atoms with E-state index in [-0.39, 0.29) is 42.1 Å². The van der Waals surface area contributed by atoms with Crippen LogP contribution in [0.25, 0.3) is 0 Å². The maximum absolute atomic E-state index is 13.0. The first-order valence-corrected chi connectivity index (χ1v) is 14.9. The highest BCUT2D eigenvalue weighted by Gasteiger charge is 2.39. The summed E-state index contributed by atoms with van der Waals surface area (Å²) in [6.07, 6.45) is -1.24. The number of thioether (sulfide) groups is 1. The van der Waals surface area contributed by atoms with Gasteiger partial charge in [-0.05, 0) is 59.7 Å². The summed E-state index contributed by atoms with van der Waals surface area (Å²) in [5.74, 6) is -1.10. The number of fused-ring (bicyclic) bond motifs is 1. The molecule has 6 rings (SSSR count). The molecule has 4 aromatic carbocycles. The lowest BCUT2D eigenvalue weighted by Gasteiger charge is -2.41. The summed E-state index contributed by atoms with van der Waals surface area (Å²) in [6, 6.07) is 28.3. The van der Waals surface area contributed by atoms with Crippen molar-refractivity contribution in [3.8, 4) is 0 Å². The van der Waals surface area contributed by atoms with Gasteiger partial charge in [-0.3, -0.25) is 9.59 Å². The molecule has 9 heteroatoms. The number of anilines is 1. The van der Waals surface area contributed by atoms with Gasteiger partial charge in [-0.25, -0.2) is 9.69 Å². The Morgan fingerprint density at radius 2 is 1.42 bits per heavy atom. The number of benzene rings is 4. The molecule has 2 aliphatic heterocycles. The molecule has 8 nitrogen and oxygen atoms in total. The van der Waals surface area contributed by atoms with Gasteiger partial charge in [0, 0.05) is 22.1 Å². The Bertz CT molecular complexity index is 1620. The number of hydrogen-bond donors (Lipinski definition) is 2. The zero-order valence-electron chi connectivity index (χ0n) is 23.3. The number of aromatic carboxylic acids is 1. The number of hydrogen-bond acceptors (Lipinski definition) is 7. The molecule has 1 fully saturated rings. The quantitative estimate of drug-likeness (QED) is 0.181. The molecule has 0 radical (unpaired) electrons. The van der Waals surface area contributed by atoms with E-state index >= 15 is 0 Å². The highest BCUT2D eigenvalue weighted by atomic mass is 32.2. The van der Waals surface area contributed by atoms with Gasteiger partial charge in [0.2, 0.25) is 0 Å². The summed E-state index contributed by atoms with van der Waals surface area (Å²) in [7, 11) is 0. The SMILES string of the molecule is C[C@H]1[C@@H](CSc2ccc(C(=O)O)cc2)O[C@@H](c2ccc(N3C(=O)c4ccccc4C3=O)cc2)O[C@H]1c1ccc(CO)cc1.